The van der Waals surface area contributed by atoms with Crippen molar-refractivity contribution >= 4 is 0 Å². The Hall–Kier alpha value is -0.300. The van der Waals surface area contributed by atoms with Crippen LogP contribution in [0.4, 0.5) is 0 Å². The molecule has 1 N–H and O–H groups in total. The maximum Gasteiger partial charge on any atom is 0.0543 e. The first-order valence-electron chi connectivity index (χ1n) is 13.5. The number of aliphatic hydroxyl groups excluding tert-OH is 1. The van der Waals surface area contributed by atoms with E-state index < -0.39 is 0 Å². The maximum atomic E-state index is 10.3. The molecule has 0 aromatic rings. The van der Waals surface area contributed by atoms with Crippen LogP contribution in [0.15, 0.2) is 11.1 Å². The number of hydrogen-bond donors (Lipinski definition) is 1. The van der Waals surface area contributed by atoms with Crippen molar-refractivity contribution in [3.05, 3.63) is 11.1 Å². The van der Waals surface area contributed by atoms with Gasteiger partial charge in [0.2, 0.25) is 0 Å². The summed E-state index contributed by atoms with van der Waals surface area (Å²) in [6.07, 6.45) is 16.1. The fraction of sp³-hybridized carbons (Fsp3) is 0.931. The van der Waals surface area contributed by atoms with Crippen LogP contribution in [0.1, 0.15) is 119 Å². The molecule has 0 radical (unpaired) electrons. The molecule has 1 nitrogen and oxygen atoms in total. The topological polar surface area (TPSA) is 20.2 Å². The lowest BCUT2D eigenvalue weighted by Crippen LogP contribution is -2.54. The van der Waals surface area contributed by atoms with E-state index in [1.807, 2.05) is 0 Å². The number of rotatable bonds is 5. The minimum Gasteiger partial charge on any atom is -0.393 e. The van der Waals surface area contributed by atoms with Crippen LogP contribution in [-0.2, 0) is 0 Å². The van der Waals surface area contributed by atoms with Gasteiger partial charge >= 0.3 is 0 Å². The molecule has 0 aliphatic heterocycles. The van der Waals surface area contributed by atoms with E-state index in [1.54, 1.807) is 11.1 Å². The molecule has 0 amide bonds. The summed E-state index contributed by atoms with van der Waals surface area (Å²) in [6, 6.07) is 0. The molecular formula is C29H50O. The Balaban J connectivity index is 1.47. The molecule has 0 saturated heterocycles. The third-order valence-electron chi connectivity index (χ3n) is 11.4. The maximum absolute atomic E-state index is 10.3. The normalized spacial score (nSPS) is 46.5. The van der Waals surface area contributed by atoms with Crippen LogP contribution in [0.5, 0.6) is 0 Å². The Morgan fingerprint density at radius 2 is 1.63 bits per heavy atom. The van der Waals surface area contributed by atoms with Crippen molar-refractivity contribution < 1.29 is 5.11 Å². The van der Waals surface area contributed by atoms with Crippen molar-refractivity contribution in [3.8, 4) is 0 Å². The largest absolute Gasteiger partial charge is 0.393 e. The smallest absolute Gasteiger partial charge is 0.0543 e. The summed E-state index contributed by atoms with van der Waals surface area (Å²) in [6.45, 7) is 14.9. The van der Waals surface area contributed by atoms with E-state index in [-0.39, 0.29) is 6.10 Å². The molecule has 9 unspecified atom stereocenters. The highest BCUT2D eigenvalue weighted by Crippen LogP contribution is 2.68. The van der Waals surface area contributed by atoms with E-state index in [0.717, 1.165) is 48.3 Å². The van der Waals surface area contributed by atoms with Gasteiger partial charge in [0.25, 0.3) is 0 Å². The number of fused-ring (bicyclic) bond motifs is 5. The molecule has 4 fully saturated rings. The van der Waals surface area contributed by atoms with E-state index >= 15 is 0 Å². The molecule has 4 rings (SSSR count). The summed E-state index contributed by atoms with van der Waals surface area (Å²) >= 11 is 0. The summed E-state index contributed by atoms with van der Waals surface area (Å²) in [5.74, 6) is 5.49. The van der Waals surface area contributed by atoms with E-state index in [0.29, 0.717) is 10.8 Å². The van der Waals surface area contributed by atoms with Crippen LogP contribution in [-0.4, -0.2) is 11.2 Å². The van der Waals surface area contributed by atoms with Gasteiger partial charge in [0.15, 0.2) is 0 Å². The molecule has 4 aliphatic carbocycles. The third kappa shape index (κ3) is 3.74. The van der Waals surface area contributed by atoms with E-state index in [9.17, 15) is 5.11 Å². The summed E-state index contributed by atoms with van der Waals surface area (Å²) in [7, 11) is 0. The van der Waals surface area contributed by atoms with Gasteiger partial charge in [-0.1, -0.05) is 38.8 Å². The summed E-state index contributed by atoms with van der Waals surface area (Å²) in [5.41, 5.74) is 4.38. The molecule has 0 bridgehead atoms. The first-order valence-corrected chi connectivity index (χ1v) is 13.5. The van der Waals surface area contributed by atoms with Gasteiger partial charge in [0, 0.05) is 0 Å². The van der Waals surface area contributed by atoms with Crippen LogP contribution in [0.25, 0.3) is 0 Å². The molecule has 0 spiro atoms. The predicted octanol–water partition coefficient (Wildman–Crippen LogP) is 8.17. The number of aliphatic hydroxyl groups is 1. The standard InChI is InChI=1S/C29H50O/c1-7-21(19(2)3)9-8-20(4)25-12-13-26-24-11-10-22-18-23(30)14-16-28(22,5)27(24)15-17-29(25,26)6/h20,22-27,30H,7-18H2,1-6H3. The third-order valence-corrected chi connectivity index (χ3v) is 11.4. The minimum atomic E-state index is -0.0148. The second-order valence-corrected chi connectivity index (χ2v) is 12.8. The van der Waals surface area contributed by atoms with E-state index in [2.05, 4.69) is 41.5 Å². The summed E-state index contributed by atoms with van der Waals surface area (Å²) < 4.78 is 0. The Labute approximate surface area is 187 Å². The molecule has 4 aliphatic rings. The predicted molar refractivity (Wildman–Crippen MR) is 128 cm³/mol. The summed E-state index contributed by atoms with van der Waals surface area (Å²) in [5, 5.41) is 10.3. The van der Waals surface area contributed by atoms with Gasteiger partial charge in [-0.3, -0.25) is 0 Å². The Morgan fingerprint density at radius 1 is 0.933 bits per heavy atom. The zero-order valence-electron chi connectivity index (χ0n) is 21.0. The van der Waals surface area contributed by atoms with Crippen molar-refractivity contribution in [2.45, 2.75) is 125 Å². The SMILES string of the molecule is CCC(CCC(C)C1CCC2C3CCC4CC(O)CCC4(C)C3CCC12C)=C(C)C. The van der Waals surface area contributed by atoms with Gasteiger partial charge in [0.1, 0.15) is 0 Å². The van der Waals surface area contributed by atoms with Crippen LogP contribution in [0.3, 0.4) is 0 Å². The molecular weight excluding hydrogens is 364 g/mol. The van der Waals surface area contributed by atoms with Crippen LogP contribution < -0.4 is 0 Å². The van der Waals surface area contributed by atoms with Crippen LogP contribution in [0.2, 0.25) is 0 Å². The van der Waals surface area contributed by atoms with Gasteiger partial charge in [0.05, 0.1) is 6.10 Å². The quantitative estimate of drug-likeness (QED) is 0.450. The van der Waals surface area contributed by atoms with Crippen molar-refractivity contribution in [3.63, 3.8) is 0 Å². The van der Waals surface area contributed by atoms with Crippen LogP contribution in [0, 0.1) is 46.3 Å². The fourth-order valence-electron chi connectivity index (χ4n) is 9.59. The molecule has 0 aromatic heterocycles. The highest BCUT2D eigenvalue weighted by molar-refractivity contribution is 5.11. The lowest BCUT2D eigenvalue weighted by molar-refractivity contribution is -0.129. The first-order chi connectivity index (χ1) is 14.2. The van der Waals surface area contributed by atoms with Crippen molar-refractivity contribution in [2.24, 2.45) is 46.3 Å². The average Bonchev–Trinajstić information content (AvgIpc) is 3.06. The molecule has 0 heterocycles. The number of allylic oxidation sites excluding steroid dienone is 2. The Morgan fingerprint density at radius 3 is 2.33 bits per heavy atom. The van der Waals surface area contributed by atoms with Crippen molar-refractivity contribution in [1.29, 1.82) is 0 Å². The molecule has 4 saturated carbocycles. The molecule has 0 aromatic carbocycles. The van der Waals surface area contributed by atoms with Gasteiger partial charge in [-0.2, -0.15) is 0 Å². The highest BCUT2D eigenvalue weighted by atomic mass is 16.3. The van der Waals surface area contributed by atoms with Gasteiger partial charge in [-0.15, -0.1) is 0 Å². The summed E-state index contributed by atoms with van der Waals surface area (Å²) in [4.78, 5) is 0. The van der Waals surface area contributed by atoms with Gasteiger partial charge in [-0.25, -0.2) is 0 Å². The number of hydrogen-bond acceptors (Lipinski definition) is 1. The fourth-order valence-corrected chi connectivity index (χ4v) is 9.59. The second-order valence-electron chi connectivity index (χ2n) is 12.8. The van der Waals surface area contributed by atoms with Gasteiger partial charge < -0.3 is 5.11 Å². The van der Waals surface area contributed by atoms with Gasteiger partial charge in [-0.05, 0) is 137 Å². The zero-order chi connectivity index (χ0) is 21.7. The first kappa shape index (κ1) is 22.9. The highest BCUT2D eigenvalue weighted by Gasteiger charge is 2.60. The van der Waals surface area contributed by atoms with Crippen LogP contribution >= 0.6 is 0 Å². The average molecular weight is 415 g/mol. The van der Waals surface area contributed by atoms with Crippen molar-refractivity contribution in [1.82, 2.24) is 0 Å². The lowest BCUT2D eigenvalue weighted by atomic mass is 9.44. The van der Waals surface area contributed by atoms with E-state index in [4.69, 9.17) is 0 Å². The molecule has 172 valence electrons. The second kappa shape index (κ2) is 8.57. The van der Waals surface area contributed by atoms with Crippen molar-refractivity contribution in [2.75, 3.05) is 0 Å². The molecule has 9 atom stereocenters. The Kier molecular flexibility index (Phi) is 6.53. The molecule has 1 heteroatoms. The van der Waals surface area contributed by atoms with E-state index in [1.165, 1.54) is 64.2 Å². The zero-order valence-corrected chi connectivity index (χ0v) is 21.0. The Bertz CT molecular complexity index is 645. The monoisotopic (exact) mass is 414 g/mol. The minimum absolute atomic E-state index is 0.0148. The lowest BCUT2D eigenvalue weighted by Gasteiger charge is -2.61. The molecule has 30 heavy (non-hydrogen) atoms.